The number of ether oxygens (including phenoxy) is 1. The van der Waals surface area contributed by atoms with Crippen molar-refractivity contribution in [2.45, 2.75) is 24.9 Å². The molecule has 12 heteroatoms. The molecular formula is C19H19F4N5O3. The lowest BCUT2D eigenvalue weighted by atomic mass is 10.1. The molecule has 2 aromatic rings. The van der Waals surface area contributed by atoms with Crippen LogP contribution < -0.4 is 0 Å². The van der Waals surface area contributed by atoms with Gasteiger partial charge in [-0.3, -0.25) is 9.59 Å². The predicted molar refractivity (Wildman–Crippen MR) is 97.5 cm³/mol. The van der Waals surface area contributed by atoms with Gasteiger partial charge in [0.05, 0.1) is 44.1 Å². The zero-order chi connectivity index (χ0) is 22.2. The number of morpholine rings is 1. The summed E-state index contributed by atoms with van der Waals surface area (Å²) >= 11 is 0. The van der Waals surface area contributed by atoms with Crippen molar-refractivity contribution in [1.29, 1.82) is 0 Å². The fraction of sp³-hybridized carbons (Fsp3) is 0.474. The number of carbonyl (C=O) groups excluding carboxylic acids is 2. The second-order valence-electron chi connectivity index (χ2n) is 7.50. The number of rotatable bonds is 4. The largest absolute Gasteiger partial charge is 0.378 e. The van der Waals surface area contributed by atoms with Crippen molar-refractivity contribution < 1.29 is 31.9 Å². The van der Waals surface area contributed by atoms with Crippen molar-refractivity contribution >= 4 is 11.8 Å². The number of hydrogen-bond donors (Lipinski definition) is 0. The maximum Gasteiger partial charge on any atom is 0.276 e. The van der Waals surface area contributed by atoms with E-state index >= 15 is 0 Å². The molecule has 3 heterocycles. The molecule has 31 heavy (non-hydrogen) atoms. The fourth-order valence-corrected chi connectivity index (χ4v) is 3.74. The minimum absolute atomic E-state index is 0.0423. The number of carbonyl (C=O) groups is 2. The Labute approximate surface area is 174 Å². The summed E-state index contributed by atoms with van der Waals surface area (Å²) in [5.74, 6) is -6.45. The van der Waals surface area contributed by atoms with Gasteiger partial charge in [0.1, 0.15) is 11.6 Å². The van der Waals surface area contributed by atoms with E-state index in [4.69, 9.17) is 4.74 Å². The highest BCUT2D eigenvalue weighted by molar-refractivity contribution is 5.95. The summed E-state index contributed by atoms with van der Waals surface area (Å²) in [4.78, 5) is 27.5. The zero-order valence-electron chi connectivity index (χ0n) is 16.3. The third-order valence-corrected chi connectivity index (χ3v) is 5.25. The van der Waals surface area contributed by atoms with E-state index in [-0.39, 0.29) is 18.1 Å². The van der Waals surface area contributed by atoms with Crippen LogP contribution in [0.15, 0.2) is 24.4 Å². The standard InChI is InChI=1S/C19H19F4N5O3/c20-12-1-2-15(21)14(7-12)17(29)28-11-19(22,23)8-13(28)9-27-10-16(24-25-27)18(30)26-3-5-31-6-4-26/h1-2,7,10,13H,3-6,8-9,11H2/t13-/m0/s1. The first-order valence-electron chi connectivity index (χ1n) is 9.64. The maximum absolute atomic E-state index is 14.1. The molecule has 1 aromatic heterocycles. The number of hydrogen-bond acceptors (Lipinski definition) is 5. The summed E-state index contributed by atoms with van der Waals surface area (Å²) < 4.78 is 62.1. The van der Waals surface area contributed by atoms with Crippen molar-refractivity contribution in [1.82, 2.24) is 24.8 Å². The highest BCUT2D eigenvalue weighted by atomic mass is 19.3. The molecule has 0 saturated carbocycles. The molecule has 0 unspecified atom stereocenters. The van der Waals surface area contributed by atoms with Gasteiger partial charge in [-0.1, -0.05) is 5.21 Å². The van der Waals surface area contributed by atoms with Gasteiger partial charge in [0.2, 0.25) is 0 Å². The Bertz CT molecular complexity index is 993. The normalized spacial score (nSPS) is 20.8. The minimum atomic E-state index is -3.20. The SMILES string of the molecule is O=C(c1cn(C[C@@H]2CC(F)(F)CN2C(=O)c2cc(F)ccc2F)nn1)N1CCOCC1. The van der Waals surface area contributed by atoms with Crippen molar-refractivity contribution in [2.24, 2.45) is 0 Å². The monoisotopic (exact) mass is 441 g/mol. The van der Waals surface area contributed by atoms with Crippen molar-refractivity contribution in [3.8, 4) is 0 Å². The molecule has 166 valence electrons. The van der Waals surface area contributed by atoms with Crippen molar-refractivity contribution in [3.63, 3.8) is 0 Å². The van der Waals surface area contributed by atoms with E-state index in [1.807, 2.05) is 0 Å². The summed E-state index contributed by atoms with van der Waals surface area (Å²) in [6.45, 7) is 0.516. The van der Waals surface area contributed by atoms with Crippen LogP contribution in [-0.2, 0) is 11.3 Å². The van der Waals surface area contributed by atoms with Gasteiger partial charge >= 0.3 is 0 Å². The van der Waals surface area contributed by atoms with Crippen LogP contribution in [0, 0.1) is 11.6 Å². The molecule has 2 amide bonds. The van der Waals surface area contributed by atoms with Gasteiger partial charge in [-0.05, 0) is 18.2 Å². The first kappa shape index (κ1) is 21.2. The molecule has 2 fully saturated rings. The Hall–Kier alpha value is -3.02. The second-order valence-corrected chi connectivity index (χ2v) is 7.50. The molecule has 0 radical (unpaired) electrons. The molecule has 0 bridgehead atoms. The smallest absolute Gasteiger partial charge is 0.276 e. The number of likely N-dealkylation sites (tertiary alicyclic amines) is 1. The van der Waals surface area contributed by atoms with Crippen LogP contribution >= 0.6 is 0 Å². The molecule has 2 aliphatic heterocycles. The Morgan fingerprint density at radius 2 is 1.90 bits per heavy atom. The highest BCUT2D eigenvalue weighted by Crippen LogP contribution is 2.34. The van der Waals surface area contributed by atoms with E-state index in [1.165, 1.54) is 10.9 Å². The van der Waals surface area contributed by atoms with Gasteiger partial charge < -0.3 is 14.5 Å². The molecule has 8 nitrogen and oxygen atoms in total. The molecule has 4 rings (SSSR count). The van der Waals surface area contributed by atoms with E-state index in [1.54, 1.807) is 4.90 Å². The average molecular weight is 441 g/mol. The maximum atomic E-state index is 14.1. The van der Waals surface area contributed by atoms with E-state index in [2.05, 4.69) is 10.3 Å². The Morgan fingerprint density at radius 3 is 2.65 bits per heavy atom. The van der Waals surface area contributed by atoms with Gasteiger partial charge in [0.25, 0.3) is 17.7 Å². The van der Waals surface area contributed by atoms with E-state index in [0.717, 1.165) is 17.0 Å². The van der Waals surface area contributed by atoms with E-state index in [0.29, 0.717) is 32.4 Å². The molecule has 0 spiro atoms. The van der Waals surface area contributed by atoms with Crippen molar-refractivity contribution in [2.75, 3.05) is 32.8 Å². The minimum Gasteiger partial charge on any atom is -0.378 e. The van der Waals surface area contributed by atoms with Gasteiger partial charge in [-0.15, -0.1) is 5.10 Å². The summed E-state index contributed by atoms with van der Waals surface area (Å²) in [5, 5.41) is 7.62. The Morgan fingerprint density at radius 1 is 1.16 bits per heavy atom. The predicted octanol–water partition coefficient (Wildman–Crippen LogP) is 1.58. The first-order chi connectivity index (χ1) is 14.7. The fourth-order valence-electron chi connectivity index (χ4n) is 3.74. The lowest BCUT2D eigenvalue weighted by Crippen LogP contribution is -2.40. The summed E-state index contributed by atoms with van der Waals surface area (Å²) in [7, 11) is 0. The average Bonchev–Trinajstić information content (AvgIpc) is 3.33. The Kier molecular flexibility index (Phi) is 5.65. The zero-order valence-corrected chi connectivity index (χ0v) is 16.3. The molecule has 2 aliphatic rings. The van der Waals surface area contributed by atoms with Crippen LogP contribution in [-0.4, -0.2) is 81.4 Å². The van der Waals surface area contributed by atoms with Crippen LogP contribution in [0.25, 0.3) is 0 Å². The summed E-state index contributed by atoms with van der Waals surface area (Å²) in [6, 6.07) is 1.25. The number of nitrogens with zero attached hydrogens (tertiary/aromatic N) is 5. The van der Waals surface area contributed by atoms with Gasteiger partial charge in [0.15, 0.2) is 5.69 Å². The van der Waals surface area contributed by atoms with E-state index < -0.39 is 48.0 Å². The highest BCUT2D eigenvalue weighted by Gasteiger charge is 2.47. The van der Waals surface area contributed by atoms with Crippen molar-refractivity contribution in [3.05, 3.63) is 47.3 Å². The number of alkyl halides is 2. The second kappa shape index (κ2) is 8.25. The van der Waals surface area contributed by atoms with Gasteiger partial charge in [-0.2, -0.15) is 0 Å². The van der Waals surface area contributed by atoms with Crippen LogP contribution in [0.2, 0.25) is 0 Å². The lowest BCUT2D eigenvalue weighted by Gasteiger charge is -2.25. The molecule has 0 aliphatic carbocycles. The summed E-state index contributed by atoms with van der Waals surface area (Å²) in [6.07, 6.45) is 0.641. The number of halogens is 4. The third kappa shape index (κ3) is 4.53. The molecule has 1 aromatic carbocycles. The molecular weight excluding hydrogens is 422 g/mol. The van der Waals surface area contributed by atoms with Crippen LogP contribution in [0.5, 0.6) is 0 Å². The first-order valence-corrected chi connectivity index (χ1v) is 9.64. The third-order valence-electron chi connectivity index (χ3n) is 5.25. The van der Waals surface area contributed by atoms with Crippen LogP contribution in [0.1, 0.15) is 27.3 Å². The topological polar surface area (TPSA) is 80.6 Å². The number of benzene rings is 1. The molecule has 1 atom stereocenters. The van der Waals surface area contributed by atoms with Gasteiger partial charge in [0, 0.05) is 19.5 Å². The van der Waals surface area contributed by atoms with Crippen LogP contribution in [0.3, 0.4) is 0 Å². The number of aromatic nitrogens is 3. The number of amides is 2. The van der Waals surface area contributed by atoms with E-state index in [9.17, 15) is 27.2 Å². The van der Waals surface area contributed by atoms with Gasteiger partial charge in [-0.25, -0.2) is 22.2 Å². The Balaban J connectivity index is 1.51. The molecule has 0 N–H and O–H groups in total. The van der Waals surface area contributed by atoms with Crippen LogP contribution in [0.4, 0.5) is 17.6 Å². The lowest BCUT2D eigenvalue weighted by molar-refractivity contribution is 0.0116. The quantitative estimate of drug-likeness (QED) is 0.674. The summed E-state index contributed by atoms with van der Waals surface area (Å²) in [5.41, 5.74) is -0.579. The molecule has 2 saturated heterocycles.